The highest BCUT2D eigenvalue weighted by molar-refractivity contribution is 9.10. The number of ketones is 1. The molecule has 0 N–H and O–H groups in total. The van der Waals surface area contributed by atoms with Crippen molar-refractivity contribution in [2.24, 2.45) is 0 Å². The molecule has 0 saturated heterocycles. The smallest absolute Gasteiger partial charge is 0.343 e. The Balaban J connectivity index is 2.35. The zero-order valence-electron chi connectivity index (χ0n) is 14.2. The molecule has 0 aliphatic carbocycles. The second-order valence-electron chi connectivity index (χ2n) is 5.01. The van der Waals surface area contributed by atoms with Crippen molar-refractivity contribution in [1.82, 2.24) is 0 Å². The average molecular weight is 409 g/mol. The molecule has 0 spiro atoms. The van der Waals surface area contributed by atoms with Gasteiger partial charge in [0, 0.05) is 5.56 Å². The van der Waals surface area contributed by atoms with Crippen LogP contribution < -0.4 is 18.9 Å². The van der Waals surface area contributed by atoms with Crippen LogP contribution >= 0.6 is 15.9 Å². The quantitative estimate of drug-likeness (QED) is 0.410. The third-order valence-corrected chi connectivity index (χ3v) is 4.24. The molecule has 0 atom stereocenters. The average Bonchev–Trinajstić information content (AvgIpc) is 2.61. The number of halogens is 1. The molecule has 132 valence electrons. The minimum atomic E-state index is -0.613. The van der Waals surface area contributed by atoms with Crippen molar-refractivity contribution in [3.8, 4) is 23.0 Å². The van der Waals surface area contributed by atoms with Gasteiger partial charge in [0.15, 0.2) is 17.3 Å². The van der Waals surface area contributed by atoms with Crippen LogP contribution in [0.25, 0.3) is 0 Å². The number of carbonyl (C=O) groups is 2. The first-order valence-electron chi connectivity index (χ1n) is 7.24. The van der Waals surface area contributed by atoms with Crippen LogP contribution in [-0.2, 0) is 0 Å². The number of hydrogen-bond donors (Lipinski definition) is 0. The van der Waals surface area contributed by atoms with Gasteiger partial charge in [0.1, 0.15) is 16.0 Å². The molecule has 0 bridgehead atoms. The van der Waals surface area contributed by atoms with Gasteiger partial charge in [0.05, 0.1) is 26.9 Å². The fourth-order valence-electron chi connectivity index (χ4n) is 2.12. The van der Waals surface area contributed by atoms with E-state index in [4.69, 9.17) is 18.9 Å². The van der Waals surface area contributed by atoms with Crippen LogP contribution in [0.3, 0.4) is 0 Å². The summed E-state index contributed by atoms with van der Waals surface area (Å²) in [7, 11) is 4.40. The number of Topliss-reactive ketones (excluding diaryl/α,β-unsaturated/α-hetero) is 1. The predicted octanol–water partition coefficient (Wildman–Crippen LogP) is 3.90. The summed E-state index contributed by atoms with van der Waals surface area (Å²) >= 11 is 3.34. The van der Waals surface area contributed by atoms with E-state index in [9.17, 15) is 9.59 Å². The number of ether oxygens (including phenoxy) is 4. The fourth-order valence-corrected chi connectivity index (χ4v) is 2.67. The van der Waals surface area contributed by atoms with Crippen LogP contribution in [0, 0.1) is 0 Å². The highest BCUT2D eigenvalue weighted by atomic mass is 79.9. The van der Waals surface area contributed by atoms with E-state index in [0.29, 0.717) is 21.5 Å². The first-order chi connectivity index (χ1) is 11.9. The summed E-state index contributed by atoms with van der Waals surface area (Å²) in [6, 6.07) is 7.67. The molecule has 0 fully saturated rings. The van der Waals surface area contributed by atoms with Crippen molar-refractivity contribution < 1.29 is 28.5 Å². The van der Waals surface area contributed by atoms with E-state index in [1.165, 1.54) is 52.5 Å². The first-order valence-corrected chi connectivity index (χ1v) is 8.03. The van der Waals surface area contributed by atoms with Crippen LogP contribution in [0.4, 0.5) is 0 Å². The number of hydrogen-bond acceptors (Lipinski definition) is 6. The summed E-state index contributed by atoms with van der Waals surface area (Å²) in [6.07, 6.45) is 0. The van der Waals surface area contributed by atoms with E-state index < -0.39 is 5.97 Å². The molecule has 2 aromatic carbocycles. The van der Waals surface area contributed by atoms with E-state index in [1.807, 2.05) is 0 Å². The van der Waals surface area contributed by atoms with Gasteiger partial charge in [0.2, 0.25) is 0 Å². The van der Waals surface area contributed by atoms with E-state index in [2.05, 4.69) is 15.9 Å². The Labute approximate surface area is 153 Å². The maximum absolute atomic E-state index is 12.5. The van der Waals surface area contributed by atoms with E-state index >= 15 is 0 Å². The summed E-state index contributed by atoms with van der Waals surface area (Å²) in [6.45, 7) is 1.45. The van der Waals surface area contributed by atoms with Gasteiger partial charge in [-0.15, -0.1) is 0 Å². The Morgan fingerprint density at radius 1 is 0.800 bits per heavy atom. The maximum atomic E-state index is 12.5. The molecule has 0 aliphatic heterocycles. The number of methoxy groups -OCH3 is 3. The molecule has 25 heavy (non-hydrogen) atoms. The lowest BCUT2D eigenvalue weighted by atomic mass is 10.1. The molecule has 0 amide bonds. The van der Waals surface area contributed by atoms with Crippen molar-refractivity contribution in [2.45, 2.75) is 6.92 Å². The molecule has 0 heterocycles. The fraction of sp³-hybridized carbons (Fsp3) is 0.222. The van der Waals surface area contributed by atoms with Crippen LogP contribution in [0.2, 0.25) is 0 Å². The Morgan fingerprint density at radius 3 is 1.80 bits per heavy atom. The lowest BCUT2D eigenvalue weighted by Gasteiger charge is -2.13. The second-order valence-corrected chi connectivity index (χ2v) is 5.80. The Bertz CT molecular complexity index is 790. The Hall–Kier alpha value is -2.54. The predicted molar refractivity (Wildman–Crippen MR) is 95.2 cm³/mol. The third-order valence-electron chi connectivity index (χ3n) is 3.45. The second kappa shape index (κ2) is 8.02. The topological polar surface area (TPSA) is 71.1 Å². The van der Waals surface area contributed by atoms with Gasteiger partial charge in [-0.25, -0.2) is 4.79 Å². The van der Waals surface area contributed by atoms with Gasteiger partial charge in [-0.05, 0) is 53.2 Å². The van der Waals surface area contributed by atoms with Crippen molar-refractivity contribution in [3.63, 3.8) is 0 Å². The number of benzene rings is 2. The van der Waals surface area contributed by atoms with E-state index in [1.54, 1.807) is 6.07 Å². The maximum Gasteiger partial charge on any atom is 0.343 e. The summed E-state index contributed by atoms with van der Waals surface area (Å²) in [5, 5.41) is 0. The minimum absolute atomic E-state index is 0.112. The Kier molecular flexibility index (Phi) is 6.03. The van der Waals surface area contributed by atoms with Gasteiger partial charge in [-0.3, -0.25) is 4.79 Å². The van der Waals surface area contributed by atoms with Crippen molar-refractivity contribution >= 4 is 27.7 Å². The molecule has 0 aromatic heterocycles. The first kappa shape index (κ1) is 18.8. The van der Waals surface area contributed by atoms with Gasteiger partial charge >= 0.3 is 5.97 Å². The summed E-state index contributed by atoms with van der Waals surface area (Å²) in [5.41, 5.74) is 0.707. The molecular weight excluding hydrogens is 392 g/mol. The zero-order valence-corrected chi connectivity index (χ0v) is 15.8. The summed E-state index contributed by atoms with van der Waals surface area (Å²) in [5.74, 6) is 0.641. The third kappa shape index (κ3) is 4.11. The van der Waals surface area contributed by atoms with Gasteiger partial charge in [0.25, 0.3) is 0 Å². The standard InChI is InChI=1S/C18H17BrO6/c1-10(20)11-5-6-13(14(7-11)22-2)25-18(21)12-8-15(23-3)17(19)16(9-12)24-4/h5-9H,1-4H3. The van der Waals surface area contributed by atoms with E-state index in [-0.39, 0.29) is 22.8 Å². The molecule has 0 unspecified atom stereocenters. The number of esters is 1. The summed E-state index contributed by atoms with van der Waals surface area (Å²) < 4.78 is 21.6. The molecule has 0 radical (unpaired) electrons. The lowest BCUT2D eigenvalue weighted by molar-refractivity contribution is 0.0729. The highest BCUT2D eigenvalue weighted by Gasteiger charge is 2.18. The molecular formula is C18H17BrO6. The molecule has 0 saturated carbocycles. The lowest BCUT2D eigenvalue weighted by Crippen LogP contribution is -2.10. The molecule has 7 heteroatoms. The number of rotatable bonds is 6. The van der Waals surface area contributed by atoms with Crippen LogP contribution in [0.5, 0.6) is 23.0 Å². The van der Waals surface area contributed by atoms with Crippen molar-refractivity contribution in [1.29, 1.82) is 0 Å². The van der Waals surface area contributed by atoms with Gasteiger partial charge in [-0.1, -0.05) is 0 Å². The largest absolute Gasteiger partial charge is 0.495 e. The van der Waals surface area contributed by atoms with Crippen molar-refractivity contribution in [3.05, 3.63) is 45.9 Å². The van der Waals surface area contributed by atoms with Crippen LogP contribution in [0.1, 0.15) is 27.6 Å². The molecule has 6 nitrogen and oxygen atoms in total. The van der Waals surface area contributed by atoms with Crippen LogP contribution in [-0.4, -0.2) is 33.1 Å². The van der Waals surface area contributed by atoms with Crippen molar-refractivity contribution in [2.75, 3.05) is 21.3 Å². The van der Waals surface area contributed by atoms with Crippen LogP contribution in [0.15, 0.2) is 34.8 Å². The van der Waals surface area contributed by atoms with Gasteiger partial charge in [-0.2, -0.15) is 0 Å². The normalized spacial score (nSPS) is 10.1. The van der Waals surface area contributed by atoms with E-state index in [0.717, 1.165) is 0 Å². The highest BCUT2D eigenvalue weighted by Crippen LogP contribution is 2.36. The number of carbonyl (C=O) groups excluding carboxylic acids is 2. The monoisotopic (exact) mass is 408 g/mol. The minimum Gasteiger partial charge on any atom is -0.495 e. The zero-order chi connectivity index (χ0) is 18.6. The van der Waals surface area contributed by atoms with Gasteiger partial charge < -0.3 is 18.9 Å². The SMILES string of the molecule is COc1cc(C(C)=O)ccc1OC(=O)c1cc(OC)c(Br)c(OC)c1. The molecule has 0 aliphatic rings. The molecule has 2 aromatic rings. The summed E-state index contributed by atoms with van der Waals surface area (Å²) in [4.78, 5) is 23.9. The molecule has 2 rings (SSSR count). The Morgan fingerprint density at radius 2 is 1.32 bits per heavy atom.